The molecule has 0 saturated heterocycles. The molecule has 0 radical (unpaired) electrons. The van der Waals surface area contributed by atoms with Crippen molar-refractivity contribution < 1.29 is 4.79 Å². The molecule has 5 nitrogen and oxygen atoms in total. The Kier molecular flexibility index (Phi) is 3.82. The van der Waals surface area contributed by atoms with E-state index in [1.54, 1.807) is 18.3 Å². The van der Waals surface area contributed by atoms with Gasteiger partial charge in [-0.05, 0) is 36.4 Å². The van der Waals surface area contributed by atoms with E-state index in [0.29, 0.717) is 5.69 Å². The van der Waals surface area contributed by atoms with Gasteiger partial charge in [0, 0.05) is 17.3 Å². The van der Waals surface area contributed by atoms with Crippen molar-refractivity contribution in [3.63, 3.8) is 0 Å². The average Bonchev–Trinajstić information content (AvgIpc) is 2.99. The largest absolute Gasteiger partial charge is 0.332 e. The standard InChI is InChI=1S/C15H10N4OS/c20-10-17-11-4-6-12(7-5-11)18-15-19-14(9-21-15)13-3-1-2-8-16-13/h1-9H,(H,18,19). The Morgan fingerprint density at radius 2 is 1.95 bits per heavy atom. The summed E-state index contributed by atoms with van der Waals surface area (Å²) in [5.41, 5.74) is 3.13. The van der Waals surface area contributed by atoms with Gasteiger partial charge in [0.1, 0.15) is 5.69 Å². The van der Waals surface area contributed by atoms with Crippen LogP contribution in [0.3, 0.4) is 0 Å². The summed E-state index contributed by atoms with van der Waals surface area (Å²) in [4.78, 5) is 22.5. The molecule has 6 heteroatoms. The van der Waals surface area contributed by atoms with Gasteiger partial charge in [-0.2, -0.15) is 4.99 Å². The summed E-state index contributed by atoms with van der Waals surface area (Å²) in [6.45, 7) is 0. The van der Waals surface area contributed by atoms with Crippen molar-refractivity contribution >= 4 is 33.9 Å². The Labute approximate surface area is 125 Å². The van der Waals surface area contributed by atoms with E-state index in [0.717, 1.165) is 22.2 Å². The van der Waals surface area contributed by atoms with E-state index in [4.69, 9.17) is 0 Å². The summed E-state index contributed by atoms with van der Waals surface area (Å²) < 4.78 is 0. The maximum Gasteiger partial charge on any atom is 0.240 e. The highest BCUT2D eigenvalue weighted by Crippen LogP contribution is 2.26. The summed E-state index contributed by atoms with van der Waals surface area (Å²) in [5.74, 6) is 0. The minimum Gasteiger partial charge on any atom is -0.332 e. The van der Waals surface area contributed by atoms with Crippen molar-refractivity contribution in [2.45, 2.75) is 0 Å². The molecular formula is C15H10N4OS. The zero-order chi connectivity index (χ0) is 14.5. The summed E-state index contributed by atoms with van der Waals surface area (Å²) >= 11 is 1.51. The molecule has 0 aliphatic rings. The molecule has 0 saturated carbocycles. The third-order valence-electron chi connectivity index (χ3n) is 2.72. The van der Waals surface area contributed by atoms with Crippen molar-refractivity contribution in [3.8, 4) is 11.4 Å². The first-order valence-electron chi connectivity index (χ1n) is 6.17. The van der Waals surface area contributed by atoms with Gasteiger partial charge in [0.2, 0.25) is 6.08 Å². The fourth-order valence-electron chi connectivity index (χ4n) is 1.76. The van der Waals surface area contributed by atoms with Gasteiger partial charge in [0.05, 0.1) is 11.4 Å². The van der Waals surface area contributed by atoms with E-state index in [-0.39, 0.29) is 0 Å². The Bertz CT molecular complexity index is 777. The summed E-state index contributed by atoms with van der Waals surface area (Å²) in [6.07, 6.45) is 3.26. The molecular weight excluding hydrogens is 284 g/mol. The maximum atomic E-state index is 10.2. The van der Waals surface area contributed by atoms with Gasteiger partial charge in [-0.25, -0.2) is 9.78 Å². The van der Waals surface area contributed by atoms with E-state index < -0.39 is 0 Å². The Morgan fingerprint density at radius 1 is 1.10 bits per heavy atom. The zero-order valence-corrected chi connectivity index (χ0v) is 11.7. The molecule has 3 rings (SSSR count). The first-order chi connectivity index (χ1) is 10.3. The van der Waals surface area contributed by atoms with Crippen LogP contribution in [0.2, 0.25) is 0 Å². The van der Waals surface area contributed by atoms with Crippen LogP contribution in [0.4, 0.5) is 16.5 Å². The minimum absolute atomic E-state index is 0.573. The fourth-order valence-corrected chi connectivity index (χ4v) is 2.48. The van der Waals surface area contributed by atoms with Crippen LogP contribution in [0.5, 0.6) is 0 Å². The molecule has 2 heterocycles. The second kappa shape index (κ2) is 6.09. The minimum atomic E-state index is 0.573. The number of nitrogens with zero attached hydrogens (tertiary/aromatic N) is 3. The molecule has 0 spiro atoms. The van der Waals surface area contributed by atoms with E-state index >= 15 is 0 Å². The third kappa shape index (κ3) is 3.20. The molecule has 1 N–H and O–H groups in total. The molecule has 3 aromatic rings. The van der Waals surface area contributed by atoms with Gasteiger partial charge < -0.3 is 5.32 Å². The molecule has 0 aliphatic carbocycles. The highest BCUT2D eigenvalue weighted by atomic mass is 32.1. The second-order valence-electron chi connectivity index (χ2n) is 4.13. The number of isocyanates is 1. The smallest absolute Gasteiger partial charge is 0.240 e. The Morgan fingerprint density at radius 3 is 2.67 bits per heavy atom. The van der Waals surface area contributed by atoms with Crippen molar-refractivity contribution in [3.05, 3.63) is 54.0 Å². The Balaban J connectivity index is 1.76. The molecule has 0 atom stereocenters. The quantitative estimate of drug-likeness (QED) is 0.585. The predicted molar refractivity (Wildman–Crippen MR) is 82.9 cm³/mol. The van der Waals surface area contributed by atoms with Crippen LogP contribution in [0, 0.1) is 0 Å². The van der Waals surface area contributed by atoms with Gasteiger partial charge in [0.25, 0.3) is 0 Å². The lowest BCUT2D eigenvalue weighted by Crippen LogP contribution is -1.89. The van der Waals surface area contributed by atoms with Crippen LogP contribution in [0.25, 0.3) is 11.4 Å². The monoisotopic (exact) mass is 294 g/mol. The van der Waals surface area contributed by atoms with Crippen LogP contribution in [-0.4, -0.2) is 16.0 Å². The van der Waals surface area contributed by atoms with Crippen molar-refractivity contribution in [2.24, 2.45) is 4.99 Å². The van der Waals surface area contributed by atoms with Crippen LogP contribution < -0.4 is 5.32 Å². The van der Waals surface area contributed by atoms with E-state index in [1.165, 1.54) is 17.4 Å². The SMILES string of the molecule is O=C=Nc1ccc(Nc2nc(-c3ccccn3)cs2)cc1. The predicted octanol–water partition coefficient (Wildman–Crippen LogP) is 3.92. The van der Waals surface area contributed by atoms with Gasteiger partial charge in [-0.1, -0.05) is 6.07 Å². The van der Waals surface area contributed by atoms with Gasteiger partial charge in [-0.3, -0.25) is 4.98 Å². The number of carbonyl (C=O) groups excluding carboxylic acids is 1. The molecule has 0 amide bonds. The first-order valence-corrected chi connectivity index (χ1v) is 7.05. The number of thiazole rings is 1. The van der Waals surface area contributed by atoms with Crippen LogP contribution in [-0.2, 0) is 4.79 Å². The number of hydrogen-bond acceptors (Lipinski definition) is 6. The van der Waals surface area contributed by atoms with Gasteiger partial charge >= 0.3 is 0 Å². The molecule has 1 aromatic carbocycles. The number of aliphatic imine (C=N–C) groups is 1. The second-order valence-corrected chi connectivity index (χ2v) is 4.99. The number of aromatic nitrogens is 2. The molecule has 0 aliphatic heterocycles. The third-order valence-corrected chi connectivity index (χ3v) is 3.48. The normalized spacial score (nSPS) is 9.90. The van der Waals surface area contributed by atoms with E-state index in [1.807, 2.05) is 35.7 Å². The zero-order valence-electron chi connectivity index (χ0n) is 10.9. The average molecular weight is 294 g/mol. The van der Waals surface area contributed by atoms with Crippen molar-refractivity contribution in [2.75, 3.05) is 5.32 Å². The summed E-state index contributed by atoms with van der Waals surface area (Å²) in [7, 11) is 0. The van der Waals surface area contributed by atoms with Crippen LogP contribution >= 0.6 is 11.3 Å². The number of hydrogen-bond donors (Lipinski definition) is 1. The fraction of sp³-hybridized carbons (Fsp3) is 0. The van der Waals surface area contributed by atoms with E-state index in [2.05, 4.69) is 20.3 Å². The molecule has 0 unspecified atom stereocenters. The summed E-state index contributed by atoms with van der Waals surface area (Å²) in [5, 5.41) is 5.94. The number of nitrogens with one attached hydrogen (secondary N) is 1. The number of benzene rings is 1. The number of anilines is 2. The van der Waals surface area contributed by atoms with Crippen molar-refractivity contribution in [1.29, 1.82) is 0 Å². The highest BCUT2D eigenvalue weighted by molar-refractivity contribution is 7.14. The molecule has 2 aromatic heterocycles. The van der Waals surface area contributed by atoms with Gasteiger partial charge in [0.15, 0.2) is 5.13 Å². The van der Waals surface area contributed by atoms with Crippen molar-refractivity contribution in [1.82, 2.24) is 9.97 Å². The first kappa shape index (κ1) is 13.2. The lowest BCUT2D eigenvalue weighted by Gasteiger charge is -2.02. The Hall–Kier alpha value is -2.82. The van der Waals surface area contributed by atoms with E-state index in [9.17, 15) is 4.79 Å². The lowest BCUT2D eigenvalue weighted by atomic mass is 10.3. The summed E-state index contributed by atoms with van der Waals surface area (Å²) in [6, 6.07) is 12.9. The lowest BCUT2D eigenvalue weighted by molar-refractivity contribution is 0.565. The highest BCUT2D eigenvalue weighted by Gasteiger charge is 2.05. The topological polar surface area (TPSA) is 67.2 Å². The number of rotatable bonds is 4. The van der Waals surface area contributed by atoms with Crippen LogP contribution in [0.15, 0.2) is 59.0 Å². The molecule has 102 valence electrons. The molecule has 0 bridgehead atoms. The molecule has 0 fully saturated rings. The van der Waals surface area contributed by atoms with Gasteiger partial charge in [-0.15, -0.1) is 11.3 Å². The molecule has 21 heavy (non-hydrogen) atoms. The van der Waals surface area contributed by atoms with Crippen LogP contribution in [0.1, 0.15) is 0 Å². The number of pyridine rings is 1. The maximum absolute atomic E-state index is 10.2.